The summed E-state index contributed by atoms with van der Waals surface area (Å²) in [5.74, 6) is -2.43. The predicted octanol–water partition coefficient (Wildman–Crippen LogP) is 5.36. The van der Waals surface area contributed by atoms with Crippen LogP contribution in [0.5, 0.6) is 0 Å². The summed E-state index contributed by atoms with van der Waals surface area (Å²) in [7, 11) is 0. The third-order valence-corrected chi connectivity index (χ3v) is 6.44. The fourth-order valence-electron chi connectivity index (χ4n) is 4.62. The summed E-state index contributed by atoms with van der Waals surface area (Å²) in [5.41, 5.74) is 0.0725. The molecular weight excluding hydrogens is 520 g/mol. The highest BCUT2D eigenvalue weighted by Crippen LogP contribution is 2.31. The van der Waals surface area contributed by atoms with Crippen LogP contribution in [0.15, 0.2) is 30.3 Å². The average Bonchev–Trinajstić information content (AvgIpc) is 3.49. The van der Waals surface area contributed by atoms with E-state index in [0.29, 0.717) is 17.6 Å². The molecule has 0 atom stereocenters. The summed E-state index contributed by atoms with van der Waals surface area (Å²) < 4.78 is 72.3. The molecule has 2 aliphatic rings. The molecule has 1 aromatic carbocycles. The number of amides is 2. The van der Waals surface area contributed by atoms with Crippen molar-refractivity contribution in [2.24, 2.45) is 0 Å². The lowest BCUT2D eigenvalue weighted by atomic mass is 10.0. The standard InChI is InChI=1S/C22H28F3N5O.C2HF3O2/c1-15-13-20(30(28-15)19-8-4-5-16(14-19)22(23,24)25)27-21(31)26-17-9-11-29(12-10-17)18-6-2-3-7-18;3-2(4,5)1(6)7/h4-5,8,13-14,17-18H,2-3,6-7,9-12H2,1H3,(H2,26,27,31);(H,6,7). The number of rotatable bonds is 4. The monoisotopic (exact) mass is 549 g/mol. The van der Waals surface area contributed by atoms with Gasteiger partial charge in [-0.3, -0.25) is 5.32 Å². The highest BCUT2D eigenvalue weighted by atomic mass is 19.4. The Balaban J connectivity index is 0.000000505. The van der Waals surface area contributed by atoms with Gasteiger partial charge in [0, 0.05) is 31.2 Å². The first-order valence-electron chi connectivity index (χ1n) is 12.1. The number of aliphatic carboxylic acids is 1. The number of hydrogen-bond acceptors (Lipinski definition) is 4. The molecule has 2 heterocycles. The van der Waals surface area contributed by atoms with Crippen LogP contribution in [0.1, 0.15) is 49.8 Å². The Hall–Kier alpha value is -3.29. The number of piperidine rings is 1. The number of aromatic nitrogens is 2. The number of nitrogens with zero attached hydrogens (tertiary/aromatic N) is 3. The van der Waals surface area contributed by atoms with Crippen molar-refractivity contribution in [2.75, 3.05) is 18.4 Å². The minimum absolute atomic E-state index is 0.0867. The molecule has 2 aromatic rings. The van der Waals surface area contributed by atoms with Crippen LogP contribution in [0.3, 0.4) is 0 Å². The highest BCUT2D eigenvalue weighted by molar-refractivity contribution is 5.89. The van der Waals surface area contributed by atoms with Crippen molar-refractivity contribution in [3.05, 3.63) is 41.6 Å². The molecule has 210 valence electrons. The van der Waals surface area contributed by atoms with Gasteiger partial charge in [-0.05, 0) is 50.8 Å². The Bertz CT molecular complexity index is 1100. The first-order chi connectivity index (χ1) is 17.7. The van der Waals surface area contributed by atoms with E-state index in [1.807, 2.05) is 0 Å². The molecule has 8 nitrogen and oxygen atoms in total. The molecule has 0 spiro atoms. The van der Waals surface area contributed by atoms with Gasteiger partial charge in [0.25, 0.3) is 0 Å². The van der Waals surface area contributed by atoms with Gasteiger partial charge in [0.05, 0.1) is 16.9 Å². The van der Waals surface area contributed by atoms with Crippen LogP contribution in [-0.4, -0.2) is 63.1 Å². The molecule has 14 heteroatoms. The Labute approximate surface area is 215 Å². The molecule has 2 fully saturated rings. The molecule has 1 saturated heterocycles. The number of hydrogen-bond donors (Lipinski definition) is 3. The van der Waals surface area contributed by atoms with E-state index in [4.69, 9.17) is 9.90 Å². The number of carboxylic acids is 1. The van der Waals surface area contributed by atoms with Crippen LogP contribution in [0.2, 0.25) is 0 Å². The van der Waals surface area contributed by atoms with Crippen molar-refractivity contribution in [2.45, 2.75) is 69.9 Å². The Morgan fingerprint density at radius 2 is 1.61 bits per heavy atom. The predicted molar refractivity (Wildman–Crippen MR) is 126 cm³/mol. The molecule has 1 aliphatic heterocycles. The molecule has 1 saturated carbocycles. The Morgan fingerprint density at radius 1 is 1.00 bits per heavy atom. The van der Waals surface area contributed by atoms with E-state index in [1.165, 1.54) is 42.5 Å². The second-order valence-corrected chi connectivity index (χ2v) is 9.28. The van der Waals surface area contributed by atoms with Gasteiger partial charge in [-0.1, -0.05) is 18.9 Å². The molecule has 3 N–H and O–H groups in total. The second-order valence-electron chi connectivity index (χ2n) is 9.28. The maximum atomic E-state index is 13.1. The lowest BCUT2D eigenvalue weighted by Gasteiger charge is -2.36. The molecule has 0 bridgehead atoms. The molecule has 38 heavy (non-hydrogen) atoms. The summed E-state index contributed by atoms with van der Waals surface area (Å²) in [6.07, 6.45) is -2.56. The van der Waals surface area contributed by atoms with Crippen LogP contribution in [0, 0.1) is 6.92 Å². The minimum Gasteiger partial charge on any atom is -0.475 e. The molecular formula is C24H29F6N5O3. The van der Waals surface area contributed by atoms with Crippen molar-refractivity contribution in [1.82, 2.24) is 20.0 Å². The van der Waals surface area contributed by atoms with Gasteiger partial charge >= 0.3 is 24.4 Å². The van der Waals surface area contributed by atoms with Gasteiger partial charge in [0.1, 0.15) is 5.82 Å². The van der Waals surface area contributed by atoms with Gasteiger partial charge in [-0.2, -0.15) is 31.4 Å². The summed E-state index contributed by atoms with van der Waals surface area (Å²) in [6, 6.07) is 6.95. The first kappa shape index (κ1) is 29.3. The fourth-order valence-corrected chi connectivity index (χ4v) is 4.62. The van der Waals surface area contributed by atoms with Gasteiger partial charge in [-0.25, -0.2) is 14.3 Å². The second kappa shape index (κ2) is 12.0. The number of urea groups is 1. The third kappa shape index (κ3) is 8.10. The van der Waals surface area contributed by atoms with Gasteiger partial charge in [0.2, 0.25) is 0 Å². The van der Waals surface area contributed by atoms with Crippen LogP contribution in [0.4, 0.5) is 37.0 Å². The fraction of sp³-hybridized carbons (Fsp3) is 0.542. The van der Waals surface area contributed by atoms with E-state index >= 15 is 0 Å². The van der Waals surface area contributed by atoms with Crippen LogP contribution in [-0.2, 0) is 11.0 Å². The molecule has 0 unspecified atom stereocenters. The van der Waals surface area contributed by atoms with E-state index in [1.54, 1.807) is 13.0 Å². The largest absolute Gasteiger partial charge is 0.490 e. The van der Waals surface area contributed by atoms with Crippen molar-refractivity contribution < 1.29 is 41.0 Å². The number of aryl methyl sites for hydroxylation is 1. The molecule has 2 amide bonds. The number of likely N-dealkylation sites (tertiary alicyclic amines) is 1. The minimum atomic E-state index is -5.08. The lowest BCUT2D eigenvalue weighted by molar-refractivity contribution is -0.192. The molecule has 4 rings (SSSR count). The van der Waals surface area contributed by atoms with E-state index < -0.39 is 23.9 Å². The first-order valence-corrected chi connectivity index (χ1v) is 12.1. The quantitative estimate of drug-likeness (QED) is 0.446. The smallest absolute Gasteiger partial charge is 0.475 e. The number of anilines is 1. The maximum absolute atomic E-state index is 13.1. The summed E-state index contributed by atoms with van der Waals surface area (Å²) in [5, 5.41) is 17.1. The number of carbonyl (C=O) groups excluding carboxylic acids is 1. The van der Waals surface area contributed by atoms with Gasteiger partial charge in [-0.15, -0.1) is 0 Å². The summed E-state index contributed by atoms with van der Waals surface area (Å²) >= 11 is 0. The number of benzene rings is 1. The van der Waals surface area contributed by atoms with Crippen LogP contribution < -0.4 is 10.6 Å². The zero-order valence-corrected chi connectivity index (χ0v) is 20.6. The van der Waals surface area contributed by atoms with Crippen molar-refractivity contribution >= 4 is 17.8 Å². The SMILES string of the molecule is Cc1cc(NC(=O)NC2CCN(C3CCCC3)CC2)n(-c2cccc(C(F)(F)F)c2)n1.O=C(O)C(F)(F)F. The number of nitrogens with one attached hydrogen (secondary N) is 2. The van der Waals surface area contributed by atoms with E-state index in [0.717, 1.165) is 38.1 Å². The van der Waals surface area contributed by atoms with Crippen LogP contribution in [0.25, 0.3) is 5.69 Å². The number of alkyl halides is 6. The Kier molecular flexibility index (Phi) is 9.28. The van der Waals surface area contributed by atoms with E-state index in [9.17, 15) is 31.1 Å². The zero-order chi connectivity index (χ0) is 28.1. The molecule has 1 aliphatic carbocycles. The van der Waals surface area contributed by atoms with Crippen molar-refractivity contribution in [3.63, 3.8) is 0 Å². The maximum Gasteiger partial charge on any atom is 0.490 e. The zero-order valence-electron chi connectivity index (χ0n) is 20.6. The summed E-state index contributed by atoms with van der Waals surface area (Å²) in [6.45, 7) is 3.69. The number of halogens is 6. The van der Waals surface area contributed by atoms with Crippen LogP contribution >= 0.6 is 0 Å². The molecule has 0 radical (unpaired) electrons. The van der Waals surface area contributed by atoms with Crippen molar-refractivity contribution in [1.29, 1.82) is 0 Å². The Morgan fingerprint density at radius 3 is 2.16 bits per heavy atom. The van der Waals surface area contributed by atoms with Gasteiger partial charge in [0.15, 0.2) is 0 Å². The van der Waals surface area contributed by atoms with E-state index in [2.05, 4.69) is 20.6 Å². The topological polar surface area (TPSA) is 99.5 Å². The number of carboxylic acid groups (broad SMARTS) is 1. The van der Waals surface area contributed by atoms with E-state index in [-0.39, 0.29) is 17.8 Å². The van der Waals surface area contributed by atoms with Gasteiger partial charge < -0.3 is 15.3 Å². The third-order valence-electron chi connectivity index (χ3n) is 6.44. The highest BCUT2D eigenvalue weighted by Gasteiger charge is 2.38. The average molecular weight is 550 g/mol. The van der Waals surface area contributed by atoms with Crippen molar-refractivity contribution in [3.8, 4) is 5.69 Å². The summed E-state index contributed by atoms with van der Waals surface area (Å²) in [4.78, 5) is 24.0. The number of carbonyl (C=O) groups is 2. The normalized spacial score (nSPS) is 17.6. The lowest BCUT2D eigenvalue weighted by Crippen LogP contribution is -2.48. The molecule has 1 aromatic heterocycles.